The van der Waals surface area contributed by atoms with E-state index in [1.54, 1.807) is 7.11 Å². The number of benzene rings is 1. The molecular formula is C28H38N2O8. The Morgan fingerprint density at radius 3 is 2.53 bits per heavy atom. The summed E-state index contributed by atoms with van der Waals surface area (Å²) < 4.78 is 18.2. The third kappa shape index (κ3) is 4.51. The van der Waals surface area contributed by atoms with Crippen LogP contribution in [0.25, 0.3) is 0 Å². The average molecular weight is 531 g/mol. The van der Waals surface area contributed by atoms with Crippen LogP contribution in [0.15, 0.2) is 24.3 Å². The van der Waals surface area contributed by atoms with Crippen molar-refractivity contribution >= 4 is 23.6 Å². The van der Waals surface area contributed by atoms with Gasteiger partial charge in [0.05, 0.1) is 51.1 Å². The minimum Gasteiger partial charge on any atom is -0.539 e. The fourth-order valence-electron chi connectivity index (χ4n) is 7.75. The molecule has 7 unspecified atom stereocenters. The number of nitrogens with zero attached hydrogens (tertiary/aromatic N) is 1. The van der Waals surface area contributed by atoms with Crippen molar-refractivity contribution < 1.29 is 43.7 Å². The number of anilines is 1. The summed E-state index contributed by atoms with van der Waals surface area (Å²) in [6.07, 6.45) is 4.68. The minimum atomic E-state index is -2.07. The number of hydrogen-bond acceptors (Lipinski definition) is 8. The number of epoxide rings is 1. The van der Waals surface area contributed by atoms with Crippen molar-refractivity contribution in [2.24, 2.45) is 23.7 Å². The van der Waals surface area contributed by atoms with Crippen LogP contribution in [0.4, 0.5) is 5.69 Å². The van der Waals surface area contributed by atoms with Gasteiger partial charge in [0, 0.05) is 11.8 Å². The Labute approximate surface area is 222 Å². The summed E-state index contributed by atoms with van der Waals surface area (Å²) >= 11 is 0. The van der Waals surface area contributed by atoms with Crippen molar-refractivity contribution in [3.63, 3.8) is 0 Å². The lowest BCUT2D eigenvalue weighted by atomic mass is 9.55. The lowest BCUT2D eigenvalue weighted by Crippen LogP contribution is -3.15. The zero-order valence-corrected chi connectivity index (χ0v) is 22.3. The molecule has 3 saturated heterocycles. The van der Waals surface area contributed by atoms with Gasteiger partial charge in [-0.05, 0) is 50.7 Å². The molecule has 1 aromatic rings. The number of carbonyl (C=O) groups is 3. The fourth-order valence-corrected chi connectivity index (χ4v) is 7.75. The molecule has 5 aliphatic rings. The molecule has 2 N–H and O–H groups in total. The Hall–Kier alpha value is -2.85. The summed E-state index contributed by atoms with van der Waals surface area (Å²) in [7, 11) is 1.74. The predicted molar refractivity (Wildman–Crippen MR) is 134 cm³/mol. The van der Waals surface area contributed by atoms with E-state index in [0.29, 0.717) is 17.8 Å². The molecule has 5 fully saturated rings. The van der Waals surface area contributed by atoms with Crippen molar-refractivity contribution in [2.75, 3.05) is 44.7 Å². The van der Waals surface area contributed by atoms with Crippen molar-refractivity contribution in [2.45, 2.75) is 56.8 Å². The van der Waals surface area contributed by atoms with Gasteiger partial charge in [-0.15, -0.1) is 0 Å². The van der Waals surface area contributed by atoms with Crippen LogP contribution in [0.5, 0.6) is 5.75 Å². The number of quaternary nitrogens is 1. The van der Waals surface area contributed by atoms with E-state index in [-0.39, 0.29) is 29.2 Å². The van der Waals surface area contributed by atoms with Gasteiger partial charge in [0.15, 0.2) is 5.97 Å². The summed E-state index contributed by atoms with van der Waals surface area (Å²) in [6, 6.07) is 8.26. The van der Waals surface area contributed by atoms with E-state index in [4.69, 9.17) is 34.0 Å². The maximum Gasteiger partial charge on any atom is 0.351 e. The normalized spacial score (nSPS) is 37.5. The standard InChI is InChI=1S/C26H36N2O4.C2H2O4/c1-17-8-9-20-18(23(29)31-26(20)19(17)10-11-25(2)24(26)32-25)16-27-12-14-28(15-13-27)21-6-4-5-7-22(21)30-3;3-1(4)2(5)6/h4-7,17-20,24H,8-16H2,1-3H3;(H,3,4)(H,5,6). The summed E-state index contributed by atoms with van der Waals surface area (Å²) in [4.78, 5) is 35.3. The first kappa shape index (κ1) is 26.7. The molecule has 2 saturated carbocycles. The van der Waals surface area contributed by atoms with Gasteiger partial charge in [-0.2, -0.15) is 0 Å². The quantitative estimate of drug-likeness (QED) is 0.307. The fraction of sp³-hybridized carbons (Fsp3) is 0.679. The Morgan fingerprint density at radius 2 is 1.87 bits per heavy atom. The topological polar surface area (TPSA) is 133 Å². The first-order chi connectivity index (χ1) is 18.1. The molecular weight excluding hydrogens is 492 g/mol. The molecule has 1 spiro atoms. The molecule has 1 aromatic carbocycles. The highest BCUT2D eigenvalue weighted by Crippen LogP contribution is 2.66. The van der Waals surface area contributed by atoms with E-state index in [1.165, 1.54) is 17.0 Å². The van der Waals surface area contributed by atoms with Crippen LogP contribution in [0.2, 0.25) is 0 Å². The molecule has 0 bridgehead atoms. The number of para-hydroxylation sites is 2. The average Bonchev–Trinajstić information content (AvgIpc) is 3.53. The molecule has 0 amide bonds. The highest BCUT2D eigenvalue weighted by atomic mass is 16.7. The molecule has 38 heavy (non-hydrogen) atoms. The van der Waals surface area contributed by atoms with Crippen LogP contribution in [-0.2, 0) is 23.9 Å². The summed E-state index contributed by atoms with van der Waals surface area (Å²) in [5, 5.41) is 16.3. The lowest BCUT2D eigenvalue weighted by Gasteiger charge is -2.50. The SMILES string of the molecule is COc1ccccc1N1CC[NH+](CC2C(=O)OC34C(CCC5(C)OC53)C(C)CCC24)CC1.O=C([O-])C(=O)O. The van der Waals surface area contributed by atoms with E-state index in [9.17, 15) is 4.79 Å². The van der Waals surface area contributed by atoms with Crippen LogP contribution >= 0.6 is 0 Å². The number of nitrogens with one attached hydrogen (secondary N) is 1. The van der Waals surface area contributed by atoms with Gasteiger partial charge in [-0.1, -0.05) is 19.1 Å². The van der Waals surface area contributed by atoms with Gasteiger partial charge in [0.2, 0.25) is 0 Å². The summed E-state index contributed by atoms with van der Waals surface area (Å²) in [6.45, 7) is 9.53. The molecule has 3 heterocycles. The van der Waals surface area contributed by atoms with Crippen molar-refractivity contribution in [3.8, 4) is 5.75 Å². The second kappa shape index (κ2) is 10.0. The van der Waals surface area contributed by atoms with Crippen molar-refractivity contribution in [1.29, 1.82) is 0 Å². The highest BCUT2D eigenvalue weighted by Gasteiger charge is 2.77. The van der Waals surface area contributed by atoms with E-state index in [0.717, 1.165) is 57.7 Å². The van der Waals surface area contributed by atoms with E-state index < -0.39 is 11.9 Å². The molecule has 10 nitrogen and oxygen atoms in total. The summed E-state index contributed by atoms with van der Waals surface area (Å²) in [5.74, 6) is -1.60. The van der Waals surface area contributed by atoms with Gasteiger partial charge in [-0.3, -0.25) is 4.79 Å². The molecule has 6 rings (SSSR count). The zero-order valence-electron chi connectivity index (χ0n) is 22.3. The smallest absolute Gasteiger partial charge is 0.351 e. The Morgan fingerprint density at radius 1 is 1.18 bits per heavy atom. The molecule has 7 atom stereocenters. The van der Waals surface area contributed by atoms with Gasteiger partial charge < -0.3 is 39.0 Å². The van der Waals surface area contributed by atoms with Crippen molar-refractivity contribution in [3.05, 3.63) is 24.3 Å². The Balaban J connectivity index is 0.000000443. The van der Waals surface area contributed by atoms with Crippen LogP contribution in [0.1, 0.15) is 39.5 Å². The third-order valence-corrected chi connectivity index (χ3v) is 9.67. The number of hydrogen-bond donors (Lipinski definition) is 2. The van der Waals surface area contributed by atoms with Crippen LogP contribution in [0, 0.1) is 23.7 Å². The third-order valence-electron chi connectivity index (χ3n) is 9.67. The number of ether oxygens (including phenoxy) is 3. The van der Waals surface area contributed by atoms with E-state index in [1.807, 2.05) is 12.1 Å². The first-order valence-electron chi connectivity index (χ1n) is 13.7. The number of esters is 1. The number of rotatable bonds is 4. The number of carboxylic acids is 2. The molecule has 0 radical (unpaired) electrons. The Kier molecular flexibility index (Phi) is 7.06. The highest BCUT2D eigenvalue weighted by molar-refractivity contribution is 6.26. The van der Waals surface area contributed by atoms with E-state index in [2.05, 4.69) is 30.9 Å². The number of carboxylic acid groups (broad SMARTS) is 2. The van der Waals surface area contributed by atoms with Crippen LogP contribution in [-0.4, -0.2) is 80.2 Å². The van der Waals surface area contributed by atoms with Gasteiger partial charge in [0.1, 0.15) is 23.4 Å². The number of methoxy groups -OCH3 is 1. The number of carbonyl (C=O) groups excluding carboxylic acids is 2. The molecule has 2 aliphatic carbocycles. The molecule has 0 aromatic heterocycles. The van der Waals surface area contributed by atoms with Gasteiger partial charge in [0.25, 0.3) is 0 Å². The maximum absolute atomic E-state index is 13.3. The predicted octanol–water partition coefficient (Wildman–Crippen LogP) is -0.254. The zero-order chi connectivity index (χ0) is 27.2. The molecule has 208 valence electrons. The largest absolute Gasteiger partial charge is 0.539 e. The monoisotopic (exact) mass is 530 g/mol. The van der Waals surface area contributed by atoms with Gasteiger partial charge >= 0.3 is 11.9 Å². The number of piperazine rings is 1. The first-order valence-corrected chi connectivity index (χ1v) is 13.7. The van der Waals surface area contributed by atoms with Crippen LogP contribution < -0.4 is 19.6 Å². The minimum absolute atomic E-state index is 0.0179. The number of fused-ring (bicyclic) bond motifs is 1. The van der Waals surface area contributed by atoms with Crippen LogP contribution in [0.3, 0.4) is 0 Å². The number of aliphatic carboxylic acids is 2. The van der Waals surface area contributed by atoms with Crippen molar-refractivity contribution in [1.82, 2.24) is 0 Å². The van der Waals surface area contributed by atoms with Gasteiger partial charge in [-0.25, -0.2) is 4.79 Å². The summed E-state index contributed by atoms with van der Waals surface area (Å²) in [5.41, 5.74) is 0.754. The second-order valence-electron chi connectivity index (χ2n) is 11.7. The lowest BCUT2D eigenvalue weighted by molar-refractivity contribution is -0.903. The molecule has 10 heteroatoms. The maximum atomic E-state index is 13.3. The van der Waals surface area contributed by atoms with E-state index >= 15 is 0 Å². The Bertz CT molecular complexity index is 1080. The second-order valence-corrected chi connectivity index (χ2v) is 11.7. The molecule has 3 aliphatic heterocycles.